The lowest BCUT2D eigenvalue weighted by atomic mass is 10.1. The molecule has 2 rings (SSSR count). The average Bonchev–Trinajstić information content (AvgIpc) is 2.84. The van der Waals surface area contributed by atoms with Crippen LogP contribution in [-0.2, 0) is 6.54 Å². The molecule has 0 aliphatic carbocycles. The minimum Gasteiger partial charge on any atom is -0.496 e. The molecule has 3 nitrogen and oxygen atoms in total. The fraction of sp³-hybridized carbons (Fsp3) is 0.600. The van der Waals surface area contributed by atoms with Gasteiger partial charge in [0.05, 0.1) is 7.11 Å². The fourth-order valence-electron chi connectivity index (χ4n) is 2.84. The molecule has 1 aliphatic rings. The highest BCUT2D eigenvalue weighted by atomic mass is 16.5. The third-order valence-corrected chi connectivity index (χ3v) is 3.81. The van der Waals surface area contributed by atoms with E-state index in [9.17, 15) is 0 Å². The van der Waals surface area contributed by atoms with Crippen LogP contribution in [0.3, 0.4) is 0 Å². The van der Waals surface area contributed by atoms with Crippen molar-refractivity contribution >= 4 is 0 Å². The van der Waals surface area contributed by atoms with E-state index in [1.165, 1.54) is 31.4 Å². The Balaban J connectivity index is 1.99. The minimum atomic E-state index is 0.707. The molecule has 0 aromatic heterocycles. The third kappa shape index (κ3) is 3.24. The number of nitrogens with zero attached hydrogens (tertiary/aromatic N) is 1. The van der Waals surface area contributed by atoms with E-state index in [1.54, 1.807) is 7.11 Å². The van der Waals surface area contributed by atoms with E-state index in [1.807, 2.05) is 12.1 Å². The number of nitrogens with two attached hydrogens (primary N) is 1. The van der Waals surface area contributed by atoms with Gasteiger partial charge < -0.3 is 10.5 Å². The lowest BCUT2D eigenvalue weighted by Crippen LogP contribution is -2.29. The van der Waals surface area contributed by atoms with Gasteiger partial charge in [-0.15, -0.1) is 0 Å². The van der Waals surface area contributed by atoms with Crippen molar-refractivity contribution in [2.45, 2.75) is 38.3 Å². The van der Waals surface area contributed by atoms with Gasteiger partial charge in [-0.25, -0.2) is 0 Å². The second-order valence-electron chi connectivity index (χ2n) is 5.01. The quantitative estimate of drug-likeness (QED) is 0.840. The molecule has 3 heteroatoms. The van der Waals surface area contributed by atoms with Gasteiger partial charge in [0.1, 0.15) is 5.75 Å². The summed E-state index contributed by atoms with van der Waals surface area (Å²) in [6.07, 6.45) is 4.98. The number of rotatable bonds is 6. The summed E-state index contributed by atoms with van der Waals surface area (Å²) in [4.78, 5) is 2.58. The molecule has 0 amide bonds. The first-order chi connectivity index (χ1) is 8.85. The smallest absolute Gasteiger partial charge is 0.123 e. The second kappa shape index (κ2) is 6.76. The number of benzene rings is 1. The first-order valence-electron chi connectivity index (χ1n) is 6.91. The largest absolute Gasteiger partial charge is 0.496 e. The molecule has 1 fully saturated rings. The molecular weight excluding hydrogens is 224 g/mol. The Bertz CT molecular complexity index is 367. The SMILES string of the molecule is COc1ccccc1CN1CCCC1CCCN. The van der Waals surface area contributed by atoms with Gasteiger partial charge in [-0.2, -0.15) is 0 Å². The molecule has 1 aromatic carbocycles. The summed E-state index contributed by atoms with van der Waals surface area (Å²) in [6.45, 7) is 3.01. The maximum Gasteiger partial charge on any atom is 0.123 e. The van der Waals surface area contributed by atoms with Crippen LogP contribution in [0.4, 0.5) is 0 Å². The summed E-state index contributed by atoms with van der Waals surface area (Å²) < 4.78 is 5.43. The Hall–Kier alpha value is -1.06. The number of para-hydroxylation sites is 1. The van der Waals surface area contributed by atoms with E-state index < -0.39 is 0 Å². The van der Waals surface area contributed by atoms with Crippen molar-refractivity contribution < 1.29 is 4.74 Å². The lowest BCUT2D eigenvalue weighted by Gasteiger charge is -2.25. The van der Waals surface area contributed by atoms with Crippen molar-refractivity contribution in [3.63, 3.8) is 0 Å². The molecule has 1 heterocycles. The Kier molecular flexibility index (Phi) is 5.02. The number of ether oxygens (including phenoxy) is 1. The van der Waals surface area contributed by atoms with Gasteiger partial charge in [0.25, 0.3) is 0 Å². The molecule has 0 spiro atoms. The van der Waals surface area contributed by atoms with E-state index in [0.717, 1.165) is 25.3 Å². The molecule has 0 bridgehead atoms. The third-order valence-electron chi connectivity index (χ3n) is 3.81. The Labute approximate surface area is 110 Å². The van der Waals surface area contributed by atoms with Crippen LogP contribution < -0.4 is 10.5 Å². The highest BCUT2D eigenvalue weighted by Crippen LogP contribution is 2.26. The van der Waals surface area contributed by atoms with Crippen molar-refractivity contribution in [2.24, 2.45) is 5.73 Å². The molecule has 0 radical (unpaired) electrons. The van der Waals surface area contributed by atoms with E-state index in [-0.39, 0.29) is 0 Å². The van der Waals surface area contributed by atoms with Gasteiger partial charge in [0.15, 0.2) is 0 Å². The molecule has 0 saturated carbocycles. The van der Waals surface area contributed by atoms with Crippen LogP contribution >= 0.6 is 0 Å². The topological polar surface area (TPSA) is 38.5 Å². The predicted octanol–water partition coefficient (Wildman–Crippen LogP) is 2.40. The molecule has 2 N–H and O–H groups in total. The minimum absolute atomic E-state index is 0.707. The number of likely N-dealkylation sites (tertiary alicyclic amines) is 1. The summed E-state index contributed by atoms with van der Waals surface area (Å²) in [6, 6.07) is 9.02. The number of hydrogen-bond acceptors (Lipinski definition) is 3. The van der Waals surface area contributed by atoms with Crippen LogP contribution in [0, 0.1) is 0 Å². The van der Waals surface area contributed by atoms with Crippen LogP contribution in [0.5, 0.6) is 5.75 Å². The van der Waals surface area contributed by atoms with Crippen molar-refractivity contribution in [1.29, 1.82) is 0 Å². The first kappa shape index (κ1) is 13.4. The van der Waals surface area contributed by atoms with Crippen molar-refractivity contribution in [3.05, 3.63) is 29.8 Å². The van der Waals surface area contributed by atoms with Crippen LogP contribution in [0.1, 0.15) is 31.2 Å². The van der Waals surface area contributed by atoms with Gasteiger partial charge in [0, 0.05) is 18.2 Å². The zero-order valence-corrected chi connectivity index (χ0v) is 11.3. The molecule has 1 aromatic rings. The zero-order valence-electron chi connectivity index (χ0n) is 11.3. The first-order valence-corrected chi connectivity index (χ1v) is 6.91. The highest BCUT2D eigenvalue weighted by Gasteiger charge is 2.24. The summed E-state index contributed by atoms with van der Waals surface area (Å²) in [5.41, 5.74) is 6.90. The standard InChI is InChI=1S/C15H24N2O/c1-18-15-9-3-2-6-13(15)12-17-11-5-8-14(17)7-4-10-16/h2-3,6,9,14H,4-5,7-8,10-12,16H2,1H3. The van der Waals surface area contributed by atoms with E-state index >= 15 is 0 Å². The van der Waals surface area contributed by atoms with Crippen LogP contribution in [0.25, 0.3) is 0 Å². The Morgan fingerprint density at radius 1 is 1.39 bits per heavy atom. The molecule has 1 saturated heterocycles. The zero-order chi connectivity index (χ0) is 12.8. The average molecular weight is 248 g/mol. The van der Waals surface area contributed by atoms with Gasteiger partial charge in [0.2, 0.25) is 0 Å². The van der Waals surface area contributed by atoms with Gasteiger partial charge in [-0.1, -0.05) is 18.2 Å². The van der Waals surface area contributed by atoms with Crippen LogP contribution in [0.2, 0.25) is 0 Å². The van der Waals surface area contributed by atoms with E-state index in [4.69, 9.17) is 10.5 Å². The van der Waals surface area contributed by atoms with Crippen molar-refractivity contribution in [3.8, 4) is 5.75 Å². The Morgan fingerprint density at radius 3 is 3.00 bits per heavy atom. The molecule has 1 unspecified atom stereocenters. The van der Waals surface area contributed by atoms with Crippen molar-refractivity contribution in [1.82, 2.24) is 4.90 Å². The van der Waals surface area contributed by atoms with E-state index in [0.29, 0.717) is 6.04 Å². The number of methoxy groups -OCH3 is 1. The number of hydrogen-bond donors (Lipinski definition) is 1. The molecule has 100 valence electrons. The molecule has 1 aliphatic heterocycles. The molecule has 1 atom stereocenters. The summed E-state index contributed by atoms with van der Waals surface area (Å²) in [5.74, 6) is 1.00. The van der Waals surface area contributed by atoms with Gasteiger partial charge in [-0.3, -0.25) is 4.90 Å². The highest BCUT2D eigenvalue weighted by molar-refractivity contribution is 5.33. The lowest BCUT2D eigenvalue weighted by molar-refractivity contribution is 0.229. The second-order valence-corrected chi connectivity index (χ2v) is 5.01. The normalized spacial score (nSPS) is 20.2. The maximum atomic E-state index is 5.61. The Morgan fingerprint density at radius 2 is 2.22 bits per heavy atom. The van der Waals surface area contributed by atoms with E-state index in [2.05, 4.69) is 17.0 Å². The fourth-order valence-corrected chi connectivity index (χ4v) is 2.84. The van der Waals surface area contributed by atoms with Crippen LogP contribution in [0.15, 0.2) is 24.3 Å². The summed E-state index contributed by atoms with van der Waals surface area (Å²) in [5, 5.41) is 0. The predicted molar refractivity (Wildman–Crippen MR) is 74.7 cm³/mol. The van der Waals surface area contributed by atoms with Crippen molar-refractivity contribution in [2.75, 3.05) is 20.2 Å². The summed E-state index contributed by atoms with van der Waals surface area (Å²) >= 11 is 0. The van der Waals surface area contributed by atoms with Crippen LogP contribution in [-0.4, -0.2) is 31.1 Å². The monoisotopic (exact) mass is 248 g/mol. The van der Waals surface area contributed by atoms with Gasteiger partial charge >= 0.3 is 0 Å². The molecule has 18 heavy (non-hydrogen) atoms. The maximum absolute atomic E-state index is 5.61. The van der Waals surface area contributed by atoms with Gasteiger partial charge in [-0.05, 0) is 44.8 Å². The summed E-state index contributed by atoms with van der Waals surface area (Å²) in [7, 11) is 1.74. The molecular formula is C15H24N2O.